The Kier molecular flexibility index (Phi) is 6.57. The number of halogens is 1. The summed E-state index contributed by atoms with van der Waals surface area (Å²) >= 11 is 6.34. The first-order valence-corrected chi connectivity index (χ1v) is 10.8. The lowest BCUT2D eigenvalue weighted by Crippen LogP contribution is -2.30. The highest BCUT2D eigenvalue weighted by Gasteiger charge is 2.20. The summed E-state index contributed by atoms with van der Waals surface area (Å²) in [6.45, 7) is 0.979. The standard InChI is InChI=1S/C24H25ClN4O4/c1-27(16-7-6-8-17(13-16)33-3)15-21-23-19(14-22(30)28(21)11-12-32-2)26-29(24(23)31)20-10-5-4-9-18(20)25/h4-10,13-14,26H,11-12,15H2,1-3H3. The molecule has 2 aromatic heterocycles. The van der Waals surface area contributed by atoms with Crippen LogP contribution >= 0.6 is 11.6 Å². The molecule has 0 aliphatic rings. The van der Waals surface area contributed by atoms with Crippen molar-refractivity contribution < 1.29 is 9.47 Å². The monoisotopic (exact) mass is 468 g/mol. The number of aromatic nitrogens is 3. The number of para-hydroxylation sites is 1. The molecule has 0 spiro atoms. The van der Waals surface area contributed by atoms with E-state index in [0.29, 0.717) is 47.0 Å². The molecule has 0 fully saturated rings. The van der Waals surface area contributed by atoms with Crippen molar-refractivity contribution in [2.45, 2.75) is 13.1 Å². The van der Waals surface area contributed by atoms with Crippen LogP contribution in [-0.4, -0.2) is 42.2 Å². The summed E-state index contributed by atoms with van der Waals surface area (Å²) in [5, 5.41) is 3.91. The minimum absolute atomic E-state index is 0.221. The second-order valence-corrected chi connectivity index (χ2v) is 8.03. The average Bonchev–Trinajstić information content (AvgIpc) is 3.14. The molecule has 0 atom stereocenters. The van der Waals surface area contributed by atoms with Crippen LogP contribution in [0.5, 0.6) is 5.75 Å². The first kappa shape index (κ1) is 22.7. The van der Waals surface area contributed by atoms with Gasteiger partial charge in [-0.25, -0.2) is 4.68 Å². The number of anilines is 1. The Morgan fingerprint density at radius 3 is 2.58 bits per heavy atom. The van der Waals surface area contributed by atoms with E-state index in [1.807, 2.05) is 36.2 Å². The van der Waals surface area contributed by atoms with Gasteiger partial charge in [0.1, 0.15) is 5.75 Å². The molecule has 8 nitrogen and oxygen atoms in total. The summed E-state index contributed by atoms with van der Waals surface area (Å²) in [6.07, 6.45) is 0. The summed E-state index contributed by atoms with van der Waals surface area (Å²) in [5.41, 5.74) is 1.95. The zero-order chi connectivity index (χ0) is 23.5. The smallest absolute Gasteiger partial charge is 0.281 e. The van der Waals surface area contributed by atoms with Crippen LogP contribution in [0.15, 0.2) is 64.2 Å². The van der Waals surface area contributed by atoms with Crippen LogP contribution in [0.2, 0.25) is 5.02 Å². The molecule has 1 N–H and O–H groups in total. The molecular weight excluding hydrogens is 444 g/mol. The van der Waals surface area contributed by atoms with Crippen molar-refractivity contribution >= 4 is 28.2 Å². The van der Waals surface area contributed by atoms with Gasteiger partial charge in [0.25, 0.3) is 11.1 Å². The maximum Gasteiger partial charge on any atom is 0.281 e. The second-order valence-electron chi connectivity index (χ2n) is 7.62. The van der Waals surface area contributed by atoms with E-state index in [2.05, 4.69) is 5.10 Å². The molecule has 9 heteroatoms. The Labute approximate surface area is 195 Å². The van der Waals surface area contributed by atoms with Crippen LogP contribution in [0.4, 0.5) is 5.69 Å². The van der Waals surface area contributed by atoms with Crippen molar-refractivity contribution in [2.24, 2.45) is 0 Å². The van der Waals surface area contributed by atoms with Gasteiger partial charge in [-0.2, -0.15) is 0 Å². The highest BCUT2D eigenvalue weighted by atomic mass is 35.5. The Morgan fingerprint density at radius 1 is 1.06 bits per heavy atom. The number of methoxy groups -OCH3 is 2. The van der Waals surface area contributed by atoms with Crippen LogP contribution in [0.25, 0.3) is 16.6 Å². The highest BCUT2D eigenvalue weighted by molar-refractivity contribution is 6.32. The number of benzene rings is 2. The summed E-state index contributed by atoms with van der Waals surface area (Å²) < 4.78 is 13.5. The molecule has 2 aromatic carbocycles. The molecule has 2 heterocycles. The fraction of sp³-hybridized carbons (Fsp3) is 0.250. The SMILES string of the molecule is COCCn1c(CN(C)c2cccc(OC)c2)c2c(=O)n(-c3ccccc3Cl)[nH]c2cc1=O. The quantitative estimate of drug-likeness (QED) is 0.428. The maximum absolute atomic E-state index is 13.5. The van der Waals surface area contributed by atoms with E-state index >= 15 is 0 Å². The van der Waals surface area contributed by atoms with Crippen LogP contribution in [0.1, 0.15) is 5.69 Å². The zero-order valence-electron chi connectivity index (χ0n) is 18.7. The molecule has 0 aliphatic carbocycles. The fourth-order valence-electron chi connectivity index (χ4n) is 3.87. The van der Waals surface area contributed by atoms with Gasteiger partial charge in [-0.15, -0.1) is 0 Å². The molecule has 0 bridgehead atoms. The molecule has 33 heavy (non-hydrogen) atoms. The van der Waals surface area contributed by atoms with Crippen molar-refractivity contribution in [1.29, 1.82) is 0 Å². The molecule has 0 amide bonds. The molecule has 0 saturated heterocycles. The summed E-state index contributed by atoms with van der Waals surface area (Å²) in [6, 6.07) is 16.1. The minimum Gasteiger partial charge on any atom is -0.497 e. The van der Waals surface area contributed by atoms with E-state index in [0.717, 1.165) is 11.4 Å². The minimum atomic E-state index is -0.279. The normalized spacial score (nSPS) is 11.2. The molecule has 4 aromatic rings. The van der Waals surface area contributed by atoms with Gasteiger partial charge in [0, 0.05) is 38.5 Å². The second kappa shape index (κ2) is 9.56. The average molecular weight is 469 g/mol. The number of rotatable bonds is 8. The molecule has 4 rings (SSSR count). The summed E-state index contributed by atoms with van der Waals surface area (Å²) in [5.74, 6) is 0.719. The Bertz CT molecular complexity index is 1410. The van der Waals surface area contributed by atoms with Crippen molar-refractivity contribution in [1.82, 2.24) is 14.3 Å². The number of hydrogen-bond donors (Lipinski definition) is 1. The summed E-state index contributed by atoms with van der Waals surface area (Å²) in [7, 11) is 5.09. The lowest BCUT2D eigenvalue weighted by molar-refractivity contribution is 0.185. The molecular formula is C24H25ClN4O4. The van der Waals surface area contributed by atoms with Gasteiger partial charge in [0.05, 0.1) is 47.6 Å². The van der Waals surface area contributed by atoms with Crippen LogP contribution < -0.4 is 20.8 Å². The topological polar surface area (TPSA) is 81.5 Å². The van der Waals surface area contributed by atoms with E-state index in [4.69, 9.17) is 21.1 Å². The van der Waals surface area contributed by atoms with Gasteiger partial charge in [-0.3, -0.25) is 14.7 Å². The van der Waals surface area contributed by atoms with Crippen molar-refractivity contribution in [3.63, 3.8) is 0 Å². The van der Waals surface area contributed by atoms with Crippen LogP contribution in [0, 0.1) is 0 Å². The maximum atomic E-state index is 13.5. The third kappa shape index (κ3) is 4.40. The van der Waals surface area contributed by atoms with Gasteiger partial charge in [-0.1, -0.05) is 29.8 Å². The largest absolute Gasteiger partial charge is 0.497 e. The first-order chi connectivity index (χ1) is 15.9. The number of nitrogens with one attached hydrogen (secondary N) is 1. The number of H-pyrrole nitrogens is 1. The lowest BCUT2D eigenvalue weighted by Gasteiger charge is -2.22. The molecule has 0 saturated carbocycles. The van der Waals surface area contributed by atoms with Gasteiger partial charge in [0.2, 0.25) is 0 Å². The van der Waals surface area contributed by atoms with Crippen molar-refractivity contribution in [2.75, 3.05) is 32.8 Å². The molecule has 0 unspecified atom stereocenters. The molecule has 0 aliphatic heterocycles. The third-order valence-electron chi connectivity index (χ3n) is 5.56. The predicted molar refractivity (Wildman–Crippen MR) is 130 cm³/mol. The van der Waals surface area contributed by atoms with Crippen molar-refractivity contribution in [3.05, 3.63) is 86.0 Å². The van der Waals surface area contributed by atoms with Gasteiger partial charge < -0.3 is 18.9 Å². The van der Waals surface area contributed by atoms with Crippen molar-refractivity contribution in [3.8, 4) is 11.4 Å². The van der Waals surface area contributed by atoms with Gasteiger partial charge in [0.15, 0.2) is 0 Å². The molecule has 0 radical (unpaired) electrons. The van der Waals surface area contributed by atoms with E-state index < -0.39 is 0 Å². The van der Waals surface area contributed by atoms with E-state index in [9.17, 15) is 9.59 Å². The number of fused-ring (bicyclic) bond motifs is 1. The van der Waals surface area contributed by atoms with E-state index in [-0.39, 0.29) is 11.1 Å². The Hall–Kier alpha value is -3.49. The van der Waals surface area contributed by atoms with E-state index in [1.54, 1.807) is 43.1 Å². The Balaban J connectivity index is 1.90. The highest BCUT2D eigenvalue weighted by Crippen LogP contribution is 2.24. The van der Waals surface area contributed by atoms with Gasteiger partial charge >= 0.3 is 0 Å². The third-order valence-corrected chi connectivity index (χ3v) is 5.88. The number of pyridine rings is 1. The first-order valence-electron chi connectivity index (χ1n) is 10.4. The van der Waals surface area contributed by atoms with E-state index in [1.165, 1.54) is 10.7 Å². The Morgan fingerprint density at radius 2 is 1.85 bits per heavy atom. The predicted octanol–water partition coefficient (Wildman–Crippen LogP) is 3.43. The lowest BCUT2D eigenvalue weighted by atomic mass is 10.2. The zero-order valence-corrected chi connectivity index (χ0v) is 19.4. The van der Waals surface area contributed by atoms with Gasteiger partial charge in [-0.05, 0) is 24.3 Å². The number of aromatic amines is 1. The van der Waals surface area contributed by atoms with Crippen LogP contribution in [0.3, 0.4) is 0 Å². The number of ether oxygens (including phenoxy) is 2. The number of nitrogens with zero attached hydrogens (tertiary/aromatic N) is 3. The summed E-state index contributed by atoms with van der Waals surface area (Å²) in [4.78, 5) is 28.5. The number of hydrogen-bond acceptors (Lipinski definition) is 5. The fourth-order valence-corrected chi connectivity index (χ4v) is 4.09. The molecule has 172 valence electrons. The van der Waals surface area contributed by atoms with Crippen LogP contribution in [-0.2, 0) is 17.8 Å².